The Kier molecular flexibility index (Phi) is 3.41. The van der Waals surface area contributed by atoms with E-state index in [-0.39, 0.29) is 0 Å². The Morgan fingerprint density at radius 2 is 1.80 bits per heavy atom. The Hall–Kier alpha value is -1.43. The Morgan fingerprint density at radius 3 is 2.20 bits per heavy atom. The zero-order valence-electron chi connectivity index (χ0n) is 8.47. The van der Waals surface area contributed by atoms with E-state index in [2.05, 4.69) is 9.90 Å². The number of hydrogen-bond donors (Lipinski definition) is 1. The van der Waals surface area contributed by atoms with E-state index in [0.717, 1.165) is 11.8 Å². The summed E-state index contributed by atoms with van der Waals surface area (Å²) in [6.07, 6.45) is 1.08. The van der Waals surface area contributed by atoms with Crippen LogP contribution in [0.1, 0.15) is 18.5 Å². The highest BCUT2D eigenvalue weighted by atomic mass is 32.2. The highest BCUT2D eigenvalue weighted by molar-refractivity contribution is 7.92. The third kappa shape index (κ3) is 3.67. The molecule has 1 aromatic carbocycles. The van der Waals surface area contributed by atoms with Gasteiger partial charge in [0.25, 0.3) is 0 Å². The molecule has 15 heavy (non-hydrogen) atoms. The Balaban J connectivity index is 2.86. The molecule has 0 saturated heterocycles. The molecule has 6 heteroatoms. The molecule has 1 atom stereocenters. The molecule has 0 amide bonds. The van der Waals surface area contributed by atoms with Gasteiger partial charge in [-0.15, -0.1) is 0 Å². The summed E-state index contributed by atoms with van der Waals surface area (Å²) < 4.78 is 24.1. The molecule has 0 spiro atoms. The van der Waals surface area contributed by atoms with Crippen molar-refractivity contribution in [2.75, 3.05) is 11.0 Å². The maximum absolute atomic E-state index is 10.9. The van der Waals surface area contributed by atoms with Crippen molar-refractivity contribution in [1.82, 2.24) is 0 Å². The summed E-state index contributed by atoms with van der Waals surface area (Å²) in [4.78, 5) is 10.3. The van der Waals surface area contributed by atoms with Crippen LogP contribution in [-0.4, -0.2) is 14.7 Å². The highest BCUT2D eigenvalue weighted by Gasteiger charge is 2.05. The van der Waals surface area contributed by atoms with E-state index in [1.54, 1.807) is 31.2 Å². The molecule has 1 rings (SSSR count). The minimum atomic E-state index is -3.25. The second kappa shape index (κ2) is 4.39. The lowest BCUT2D eigenvalue weighted by Gasteiger charge is -2.06. The summed E-state index contributed by atoms with van der Waals surface area (Å²) in [5, 5.41) is 2.87. The van der Waals surface area contributed by atoms with Crippen LogP contribution in [0.3, 0.4) is 0 Å². The van der Waals surface area contributed by atoms with Gasteiger partial charge in [-0.25, -0.2) is 8.42 Å². The molecule has 0 aliphatic heterocycles. The zero-order chi connectivity index (χ0) is 11.5. The molecule has 0 aliphatic rings. The van der Waals surface area contributed by atoms with Crippen LogP contribution in [0.25, 0.3) is 0 Å². The average Bonchev–Trinajstić information content (AvgIpc) is 2.15. The van der Waals surface area contributed by atoms with Crippen LogP contribution < -0.4 is 4.72 Å². The van der Waals surface area contributed by atoms with E-state index in [1.165, 1.54) is 0 Å². The monoisotopic (exact) mass is 228 g/mol. The van der Waals surface area contributed by atoms with Gasteiger partial charge in [-0.3, -0.25) is 4.72 Å². The number of sulfonamides is 1. The first-order chi connectivity index (χ1) is 6.92. The van der Waals surface area contributed by atoms with E-state index < -0.39 is 16.1 Å². The summed E-state index contributed by atoms with van der Waals surface area (Å²) >= 11 is 0. The van der Waals surface area contributed by atoms with Crippen molar-refractivity contribution in [2.24, 2.45) is 5.18 Å². The molecule has 0 radical (unpaired) electrons. The average molecular weight is 228 g/mol. The molecule has 1 aromatic rings. The van der Waals surface area contributed by atoms with Gasteiger partial charge in [0.05, 0.1) is 6.26 Å². The lowest BCUT2D eigenvalue weighted by atomic mass is 10.1. The minimum Gasteiger partial charge on any atom is -0.284 e. The topological polar surface area (TPSA) is 75.6 Å². The lowest BCUT2D eigenvalue weighted by Crippen LogP contribution is -2.09. The highest BCUT2D eigenvalue weighted by Crippen LogP contribution is 2.18. The summed E-state index contributed by atoms with van der Waals surface area (Å²) in [6.45, 7) is 1.67. The van der Waals surface area contributed by atoms with E-state index >= 15 is 0 Å². The second-order valence-electron chi connectivity index (χ2n) is 3.28. The first kappa shape index (κ1) is 11.6. The summed E-state index contributed by atoms with van der Waals surface area (Å²) in [6, 6.07) is 6.10. The Labute approximate surface area is 88.5 Å². The molecule has 1 N–H and O–H groups in total. The number of nitrogens with zero attached hydrogens (tertiary/aromatic N) is 1. The molecule has 0 bridgehead atoms. The van der Waals surface area contributed by atoms with Crippen LogP contribution in [0.2, 0.25) is 0 Å². The molecule has 82 valence electrons. The van der Waals surface area contributed by atoms with E-state index in [1.807, 2.05) is 0 Å². The molecule has 5 nitrogen and oxygen atoms in total. The first-order valence-electron chi connectivity index (χ1n) is 4.32. The fraction of sp³-hybridized carbons (Fsp3) is 0.333. The minimum absolute atomic E-state index is 0.419. The number of nitroso groups, excluding NO2 is 1. The van der Waals surface area contributed by atoms with Crippen LogP contribution >= 0.6 is 0 Å². The molecule has 1 unspecified atom stereocenters. The summed E-state index contributed by atoms with van der Waals surface area (Å²) in [5.41, 5.74) is 1.23. The standard InChI is InChI=1S/C9H12N2O3S/c1-7(10-12)8-3-5-9(6-4-8)11-15(2,13)14/h3-7,11H,1-2H3. The SMILES string of the molecule is CC(N=O)c1ccc(NS(C)(=O)=O)cc1. The number of nitrogens with one attached hydrogen (secondary N) is 1. The molecule has 0 heterocycles. The Morgan fingerprint density at radius 1 is 1.27 bits per heavy atom. The maximum atomic E-state index is 10.9. The van der Waals surface area contributed by atoms with Gasteiger partial charge in [-0.05, 0) is 24.6 Å². The van der Waals surface area contributed by atoms with Crippen LogP contribution in [0.15, 0.2) is 29.4 Å². The van der Waals surface area contributed by atoms with Gasteiger partial charge in [-0.1, -0.05) is 17.3 Å². The summed E-state index contributed by atoms with van der Waals surface area (Å²) in [5.74, 6) is 0. The molecular weight excluding hydrogens is 216 g/mol. The molecule has 0 saturated carbocycles. The predicted octanol–water partition coefficient (Wildman–Crippen LogP) is 1.89. The van der Waals surface area contributed by atoms with Gasteiger partial charge < -0.3 is 0 Å². The van der Waals surface area contributed by atoms with Gasteiger partial charge in [0.15, 0.2) is 0 Å². The Bertz CT molecular complexity index is 439. The van der Waals surface area contributed by atoms with Crippen LogP contribution in [0.4, 0.5) is 5.69 Å². The predicted molar refractivity (Wildman–Crippen MR) is 59.1 cm³/mol. The molecule has 0 aliphatic carbocycles. The first-order valence-corrected chi connectivity index (χ1v) is 6.22. The van der Waals surface area contributed by atoms with E-state index in [9.17, 15) is 13.3 Å². The normalized spacial score (nSPS) is 13.2. The third-order valence-corrected chi connectivity index (χ3v) is 2.46. The fourth-order valence-electron chi connectivity index (χ4n) is 1.10. The van der Waals surface area contributed by atoms with Crippen LogP contribution in [-0.2, 0) is 10.0 Å². The van der Waals surface area contributed by atoms with Crippen molar-refractivity contribution in [2.45, 2.75) is 13.0 Å². The zero-order valence-corrected chi connectivity index (χ0v) is 9.28. The second-order valence-corrected chi connectivity index (χ2v) is 5.03. The molecular formula is C9H12N2O3S. The van der Waals surface area contributed by atoms with Gasteiger partial charge in [-0.2, -0.15) is 4.91 Å². The van der Waals surface area contributed by atoms with Crippen molar-refractivity contribution in [3.8, 4) is 0 Å². The quantitative estimate of drug-likeness (QED) is 0.799. The van der Waals surface area contributed by atoms with Gasteiger partial charge in [0.2, 0.25) is 10.0 Å². The maximum Gasteiger partial charge on any atom is 0.229 e. The van der Waals surface area contributed by atoms with Crippen LogP contribution in [0.5, 0.6) is 0 Å². The van der Waals surface area contributed by atoms with Crippen molar-refractivity contribution in [1.29, 1.82) is 0 Å². The molecule has 0 aromatic heterocycles. The third-order valence-electron chi connectivity index (χ3n) is 1.85. The van der Waals surface area contributed by atoms with Crippen molar-refractivity contribution in [3.05, 3.63) is 34.7 Å². The van der Waals surface area contributed by atoms with Gasteiger partial charge in [0.1, 0.15) is 6.04 Å². The van der Waals surface area contributed by atoms with E-state index in [0.29, 0.717) is 5.69 Å². The number of benzene rings is 1. The van der Waals surface area contributed by atoms with E-state index in [4.69, 9.17) is 0 Å². The van der Waals surface area contributed by atoms with Gasteiger partial charge in [0, 0.05) is 5.69 Å². The smallest absolute Gasteiger partial charge is 0.229 e. The van der Waals surface area contributed by atoms with Crippen molar-refractivity contribution >= 4 is 15.7 Å². The van der Waals surface area contributed by atoms with Crippen molar-refractivity contribution in [3.63, 3.8) is 0 Å². The largest absolute Gasteiger partial charge is 0.284 e. The number of rotatable bonds is 4. The van der Waals surface area contributed by atoms with Crippen molar-refractivity contribution < 1.29 is 8.42 Å². The van der Waals surface area contributed by atoms with Gasteiger partial charge >= 0.3 is 0 Å². The fourth-order valence-corrected chi connectivity index (χ4v) is 1.67. The number of anilines is 1. The van der Waals surface area contributed by atoms with Crippen LogP contribution in [0, 0.1) is 4.91 Å². The number of hydrogen-bond acceptors (Lipinski definition) is 4. The molecule has 0 fully saturated rings. The summed E-state index contributed by atoms with van der Waals surface area (Å²) in [7, 11) is -3.25. The lowest BCUT2D eigenvalue weighted by molar-refractivity contribution is 0.607.